The fourth-order valence-electron chi connectivity index (χ4n) is 2.87. The standard InChI is InChI=1S/C21H16ClN5O3S/c22-16-5-2-1-4-14(16)12-17-20(29)26(21(30)31-17)11-9-23-19(28)15-6-7-18(24-13-15)27-10-3-8-25-27/h1-8,10,12-13H,9,11H2,(H,23,28)/b17-12-. The summed E-state index contributed by atoms with van der Waals surface area (Å²) in [7, 11) is 0. The maximum absolute atomic E-state index is 12.6. The molecule has 156 valence electrons. The second kappa shape index (κ2) is 9.15. The number of nitrogens with one attached hydrogen (secondary N) is 1. The van der Waals surface area contributed by atoms with Gasteiger partial charge in [-0.3, -0.25) is 19.3 Å². The zero-order valence-corrected chi connectivity index (χ0v) is 17.6. The number of rotatable bonds is 6. The van der Waals surface area contributed by atoms with Gasteiger partial charge in [0.2, 0.25) is 0 Å². The van der Waals surface area contributed by atoms with Crippen LogP contribution in [0, 0.1) is 0 Å². The molecule has 1 N–H and O–H groups in total. The number of carbonyl (C=O) groups excluding carboxylic acids is 3. The average molecular weight is 454 g/mol. The predicted molar refractivity (Wildman–Crippen MR) is 118 cm³/mol. The number of hydrogen-bond acceptors (Lipinski definition) is 6. The highest BCUT2D eigenvalue weighted by atomic mass is 35.5. The van der Waals surface area contributed by atoms with Crippen LogP contribution in [0.1, 0.15) is 15.9 Å². The SMILES string of the molecule is O=C(NCCN1C(=O)S/C(=C\c2ccccc2Cl)C1=O)c1ccc(-n2cccn2)nc1. The summed E-state index contributed by atoms with van der Waals surface area (Å²) >= 11 is 6.97. The normalized spacial score (nSPS) is 15.0. The monoisotopic (exact) mass is 453 g/mol. The Morgan fingerprint density at radius 1 is 1.16 bits per heavy atom. The Bertz CT molecular complexity index is 1160. The van der Waals surface area contributed by atoms with Crippen molar-refractivity contribution in [2.24, 2.45) is 0 Å². The van der Waals surface area contributed by atoms with E-state index >= 15 is 0 Å². The number of amides is 3. The summed E-state index contributed by atoms with van der Waals surface area (Å²) in [5.41, 5.74) is 1.03. The quantitative estimate of drug-likeness (QED) is 0.574. The third-order valence-electron chi connectivity index (χ3n) is 4.44. The van der Waals surface area contributed by atoms with Gasteiger partial charge in [0.1, 0.15) is 0 Å². The van der Waals surface area contributed by atoms with Crippen LogP contribution in [0.3, 0.4) is 0 Å². The highest BCUT2D eigenvalue weighted by Crippen LogP contribution is 2.33. The first-order valence-corrected chi connectivity index (χ1v) is 10.5. The minimum absolute atomic E-state index is 0.0646. The van der Waals surface area contributed by atoms with Crippen molar-refractivity contribution in [3.8, 4) is 5.82 Å². The summed E-state index contributed by atoms with van der Waals surface area (Å²) in [6.45, 7) is 0.187. The molecule has 0 bridgehead atoms. The van der Waals surface area contributed by atoms with Gasteiger partial charge >= 0.3 is 0 Å². The molecule has 0 unspecified atom stereocenters. The third kappa shape index (κ3) is 4.68. The number of hydrogen-bond donors (Lipinski definition) is 1. The van der Waals surface area contributed by atoms with Gasteiger partial charge in [0.25, 0.3) is 17.1 Å². The number of aromatic nitrogens is 3. The summed E-state index contributed by atoms with van der Waals surface area (Å²) in [6, 6.07) is 12.1. The Labute approximate surface area is 186 Å². The van der Waals surface area contributed by atoms with E-state index in [2.05, 4.69) is 15.4 Å². The second-order valence-electron chi connectivity index (χ2n) is 6.47. The number of imide groups is 1. The predicted octanol–water partition coefficient (Wildman–Crippen LogP) is 3.39. The van der Waals surface area contributed by atoms with Crippen LogP contribution in [0.2, 0.25) is 5.02 Å². The number of nitrogens with zero attached hydrogens (tertiary/aromatic N) is 4. The zero-order chi connectivity index (χ0) is 21.8. The first-order chi connectivity index (χ1) is 15.0. The molecule has 1 aliphatic rings. The molecule has 1 aromatic carbocycles. The molecule has 3 aromatic rings. The highest BCUT2D eigenvalue weighted by molar-refractivity contribution is 8.18. The number of pyridine rings is 1. The van der Waals surface area contributed by atoms with Gasteiger partial charge in [-0.2, -0.15) is 5.10 Å². The number of carbonyl (C=O) groups is 3. The summed E-state index contributed by atoms with van der Waals surface area (Å²) in [5, 5.41) is 6.88. The van der Waals surface area contributed by atoms with Crippen LogP contribution in [0.15, 0.2) is 66.0 Å². The lowest BCUT2D eigenvalue weighted by atomic mass is 10.2. The van der Waals surface area contributed by atoms with E-state index in [1.54, 1.807) is 65.6 Å². The molecule has 0 radical (unpaired) electrons. The van der Waals surface area contributed by atoms with Crippen molar-refractivity contribution in [2.75, 3.05) is 13.1 Å². The fraction of sp³-hybridized carbons (Fsp3) is 0.0952. The second-order valence-corrected chi connectivity index (χ2v) is 7.87. The Hall–Kier alpha value is -3.43. The van der Waals surface area contributed by atoms with E-state index in [-0.39, 0.29) is 24.2 Å². The summed E-state index contributed by atoms with van der Waals surface area (Å²) in [5.74, 6) is -0.169. The van der Waals surface area contributed by atoms with Crippen molar-refractivity contribution in [1.82, 2.24) is 25.0 Å². The smallest absolute Gasteiger partial charge is 0.293 e. The Morgan fingerprint density at radius 2 is 2.00 bits per heavy atom. The third-order valence-corrected chi connectivity index (χ3v) is 5.69. The van der Waals surface area contributed by atoms with Crippen LogP contribution in [-0.2, 0) is 4.79 Å². The van der Waals surface area contributed by atoms with Crippen molar-refractivity contribution in [2.45, 2.75) is 0 Å². The van der Waals surface area contributed by atoms with Gasteiger partial charge in [-0.15, -0.1) is 0 Å². The maximum Gasteiger partial charge on any atom is 0.293 e. The van der Waals surface area contributed by atoms with Crippen LogP contribution in [-0.4, -0.2) is 49.8 Å². The molecule has 0 spiro atoms. The van der Waals surface area contributed by atoms with E-state index in [9.17, 15) is 14.4 Å². The molecule has 0 saturated carbocycles. The Balaban J connectivity index is 1.34. The van der Waals surface area contributed by atoms with Crippen LogP contribution in [0.5, 0.6) is 0 Å². The average Bonchev–Trinajstić information content (AvgIpc) is 3.40. The molecule has 1 aliphatic heterocycles. The van der Waals surface area contributed by atoms with E-state index in [0.29, 0.717) is 26.9 Å². The number of halogens is 1. The van der Waals surface area contributed by atoms with E-state index in [1.165, 1.54) is 6.20 Å². The molecular formula is C21H16ClN5O3S. The van der Waals surface area contributed by atoms with Gasteiger partial charge in [-0.25, -0.2) is 9.67 Å². The van der Waals surface area contributed by atoms with Gasteiger partial charge in [0, 0.05) is 36.7 Å². The Morgan fingerprint density at radius 3 is 2.71 bits per heavy atom. The van der Waals surface area contributed by atoms with Crippen LogP contribution in [0.4, 0.5) is 4.79 Å². The van der Waals surface area contributed by atoms with Crippen molar-refractivity contribution in [3.05, 3.63) is 82.1 Å². The molecule has 31 heavy (non-hydrogen) atoms. The number of thioether (sulfide) groups is 1. The van der Waals surface area contributed by atoms with Gasteiger partial charge in [-0.1, -0.05) is 29.8 Å². The summed E-state index contributed by atoms with van der Waals surface area (Å²) in [4.78, 5) is 42.7. The first-order valence-electron chi connectivity index (χ1n) is 9.27. The minimum Gasteiger partial charge on any atom is -0.350 e. The van der Waals surface area contributed by atoms with Crippen molar-refractivity contribution in [3.63, 3.8) is 0 Å². The van der Waals surface area contributed by atoms with Crippen LogP contribution < -0.4 is 5.32 Å². The van der Waals surface area contributed by atoms with E-state index in [4.69, 9.17) is 11.6 Å². The first kappa shape index (κ1) is 20.8. The fourth-order valence-corrected chi connectivity index (χ4v) is 3.92. The van der Waals surface area contributed by atoms with Crippen molar-refractivity contribution < 1.29 is 14.4 Å². The number of benzene rings is 1. The van der Waals surface area contributed by atoms with E-state index in [0.717, 1.165) is 16.7 Å². The van der Waals surface area contributed by atoms with Crippen LogP contribution in [0.25, 0.3) is 11.9 Å². The highest BCUT2D eigenvalue weighted by Gasteiger charge is 2.34. The molecule has 1 saturated heterocycles. The molecule has 10 heteroatoms. The Kier molecular flexibility index (Phi) is 6.15. The van der Waals surface area contributed by atoms with Gasteiger partial charge in [0.05, 0.1) is 10.5 Å². The van der Waals surface area contributed by atoms with Crippen molar-refractivity contribution >= 4 is 46.5 Å². The largest absolute Gasteiger partial charge is 0.350 e. The van der Waals surface area contributed by atoms with Crippen LogP contribution >= 0.6 is 23.4 Å². The summed E-state index contributed by atoms with van der Waals surface area (Å²) < 4.78 is 1.58. The molecule has 0 aliphatic carbocycles. The molecular weight excluding hydrogens is 438 g/mol. The lowest BCUT2D eigenvalue weighted by molar-refractivity contribution is -0.122. The molecule has 8 nitrogen and oxygen atoms in total. The molecule has 1 fully saturated rings. The summed E-state index contributed by atoms with van der Waals surface area (Å²) in [6.07, 6.45) is 6.42. The maximum atomic E-state index is 12.6. The molecule has 4 rings (SSSR count). The van der Waals surface area contributed by atoms with E-state index < -0.39 is 5.91 Å². The molecule has 2 aromatic heterocycles. The topological polar surface area (TPSA) is 97.2 Å². The van der Waals surface area contributed by atoms with Gasteiger partial charge in [-0.05, 0) is 47.7 Å². The lowest BCUT2D eigenvalue weighted by Gasteiger charge is -2.13. The van der Waals surface area contributed by atoms with Gasteiger partial charge in [0.15, 0.2) is 5.82 Å². The lowest BCUT2D eigenvalue weighted by Crippen LogP contribution is -2.37. The van der Waals surface area contributed by atoms with E-state index in [1.807, 2.05) is 0 Å². The molecule has 3 heterocycles. The van der Waals surface area contributed by atoms with Crippen molar-refractivity contribution in [1.29, 1.82) is 0 Å². The molecule has 3 amide bonds. The zero-order valence-electron chi connectivity index (χ0n) is 16.1. The molecule has 0 atom stereocenters. The van der Waals surface area contributed by atoms with Gasteiger partial charge < -0.3 is 5.32 Å². The minimum atomic E-state index is -0.408.